The lowest BCUT2D eigenvalue weighted by atomic mass is 9.77. The Morgan fingerprint density at radius 2 is 1.96 bits per heavy atom. The molecule has 0 unspecified atom stereocenters. The topological polar surface area (TPSA) is 54.4 Å². The van der Waals surface area contributed by atoms with Crippen LogP contribution in [0.5, 0.6) is 0 Å². The molecule has 2 saturated heterocycles. The molecule has 2 aliphatic heterocycles. The van der Waals surface area contributed by atoms with Crippen molar-refractivity contribution in [3.05, 3.63) is 48.5 Å². The van der Waals surface area contributed by atoms with E-state index in [2.05, 4.69) is 31.8 Å². The number of hydrogen-bond donors (Lipinski definition) is 0. The van der Waals surface area contributed by atoms with Crippen molar-refractivity contribution in [1.82, 2.24) is 19.9 Å². The minimum Gasteiger partial charge on any atom is -0.375 e. The van der Waals surface area contributed by atoms with E-state index in [1.807, 2.05) is 42.9 Å². The second-order valence-corrected chi connectivity index (χ2v) is 7.31. The number of anilines is 1. The second-order valence-electron chi connectivity index (χ2n) is 7.31. The molecule has 132 valence electrons. The van der Waals surface area contributed by atoms with Crippen molar-refractivity contribution < 1.29 is 4.74 Å². The highest BCUT2D eigenvalue weighted by atomic mass is 16.5. The van der Waals surface area contributed by atoms with Gasteiger partial charge in [-0.15, -0.1) is 0 Å². The molecule has 2 aromatic heterocycles. The van der Waals surface area contributed by atoms with Crippen LogP contribution < -0.4 is 4.90 Å². The lowest BCUT2D eigenvalue weighted by Crippen LogP contribution is -2.36. The fourth-order valence-corrected chi connectivity index (χ4v) is 4.30. The summed E-state index contributed by atoms with van der Waals surface area (Å²) in [4.78, 5) is 17.9. The maximum absolute atomic E-state index is 6.04. The van der Waals surface area contributed by atoms with Gasteiger partial charge in [0, 0.05) is 56.1 Å². The predicted molar refractivity (Wildman–Crippen MR) is 96.2 cm³/mol. The number of likely N-dealkylation sites (tertiary alicyclic amines) is 1. The van der Waals surface area contributed by atoms with Gasteiger partial charge in [0.2, 0.25) is 5.95 Å². The molecule has 4 heterocycles. The molecule has 2 aliphatic rings. The maximum Gasteiger partial charge on any atom is 0.225 e. The van der Waals surface area contributed by atoms with Crippen molar-refractivity contribution >= 4 is 5.95 Å². The molecule has 2 aromatic rings. The lowest BCUT2D eigenvalue weighted by Gasteiger charge is -2.30. The van der Waals surface area contributed by atoms with Crippen molar-refractivity contribution in [2.75, 3.05) is 44.7 Å². The molecule has 25 heavy (non-hydrogen) atoms. The average Bonchev–Trinajstić information content (AvgIpc) is 3.20. The van der Waals surface area contributed by atoms with Crippen LogP contribution in [0.1, 0.15) is 12.1 Å². The summed E-state index contributed by atoms with van der Waals surface area (Å²) in [5.74, 6) is 1.39. The van der Waals surface area contributed by atoms with Crippen LogP contribution in [0.15, 0.2) is 42.9 Å². The Hall–Kier alpha value is -2.05. The van der Waals surface area contributed by atoms with E-state index in [0.29, 0.717) is 12.5 Å². The molecular formula is C19H25N5O. The minimum atomic E-state index is 0.276. The number of pyridine rings is 1. The third-order valence-electron chi connectivity index (χ3n) is 5.50. The minimum absolute atomic E-state index is 0.276. The van der Waals surface area contributed by atoms with Crippen molar-refractivity contribution in [3.63, 3.8) is 0 Å². The molecule has 2 fully saturated rings. The van der Waals surface area contributed by atoms with Gasteiger partial charge in [-0.25, -0.2) is 9.97 Å². The Balaban J connectivity index is 1.40. The fraction of sp³-hybridized carbons (Fsp3) is 0.526. The van der Waals surface area contributed by atoms with Gasteiger partial charge < -0.3 is 14.5 Å². The zero-order valence-corrected chi connectivity index (χ0v) is 14.7. The van der Waals surface area contributed by atoms with Gasteiger partial charge in [-0.1, -0.05) is 6.07 Å². The standard InChI is InChI=1S/C19H25N5O/c1-23-11-16(12-25-13-17-5-2-3-7-20-17)19(14-23)6-10-24(15-19)18-21-8-4-9-22-18/h2-5,7-9,16H,6,10-15H2,1H3/t16-,19+/m0/s1. The Morgan fingerprint density at radius 1 is 1.12 bits per heavy atom. The third kappa shape index (κ3) is 3.50. The Morgan fingerprint density at radius 3 is 2.76 bits per heavy atom. The molecule has 0 radical (unpaired) electrons. The van der Waals surface area contributed by atoms with Gasteiger partial charge in [-0.05, 0) is 31.7 Å². The van der Waals surface area contributed by atoms with E-state index >= 15 is 0 Å². The first-order chi connectivity index (χ1) is 12.3. The highest BCUT2D eigenvalue weighted by Crippen LogP contribution is 2.44. The molecule has 0 saturated carbocycles. The van der Waals surface area contributed by atoms with Gasteiger partial charge in [0.05, 0.1) is 18.9 Å². The molecule has 0 bridgehead atoms. The highest BCUT2D eigenvalue weighted by Gasteiger charge is 2.49. The van der Waals surface area contributed by atoms with Crippen molar-refractivity contribution in [2.45, 2.75) is 13.0 Å². The van der Waals surface area contributed by atoms with Crippen LogP contribution in [0.25, 0.3) is 0 Å². The zero-order chi connectivity index (χ0) is 17.1. The van der Waals surface area contributed by atoms with Gasteiger partial charge in [0.25, 0.3) is 0 Å². The number of ether oxygens (including phenoxy) is 1. The first kappa shape index (κ1) is 16.4. The van der Waals surface area contributed by atoms with E-state index in [4.69, 9.17) is 4.74 Å². The average molecular weight is 339 g/mol. The van der Waals surface area contributed by atoms with E-state index < -0.39 is 0 Å². The monoisotopic (exact) mass is 339 g/mol. The summed E-state index contributed by atoms with van der Waals surface area (Å²) in [6.07, 6.45) is 6.63. The first-order valence-corrected chi connectivity index (χ1v) is 8.93. The van der Waals surface area contributed by atoms with Crippen LogP contribution >= 0.6 is 0 Å². The van der Waals surface area contributed by atoms with Gasteiger partial charge in [-0.3, -0.25) is 4.98 Å². The summed E-state index contributed by atoms with van der Waals surface area (Å²) < 4.78 is 6.04. The summed E-state index contributed by atoms with van der Waals surface area (Å²) >= 11 is 0. The van der Waals surface area contributed by atoms with Gasteiger partial charge in [-0.2, -0.15) is 0 Å². The van der Waals surface area contributed by atoms with Crippen LogP contribution in [0.2, 0.25) is 0 Å². The zero-order valence-electron chi connectivity index (χ0n) is 14.7. The lowest BCUT2D eigenvalue weighted by molar-refractivity contribution is 0.0545. The van der Waals surface area contributed by atoms with E-state index in [0.717, 1.165) is 44.4 Å². The number of hydrogen-bond acceptors (Lipinski definition) is 6. The van der Waals surface area contributed by atoms with E-state index in [1.165, 1.54) is 6.42 Å². The van der Waals surface area contributed by atoms with Crippen molar-refractivity contribution in [3.8, 4) is 0 Å². The molecule has 6 nitrogen and oxygen atoms in total. The fourth-order valence-electron chi connectivity index (χ4n) is 4.30. The van der Waals surface area contributed by atoms with E-state index in [1.54, 1.807) is 0 Å². The molecule has 6 heteroatoms. The Labute approximate surface area is 148 Å². The normalized spacial score (nSPS) is 26.6. The third-order valence-corrected chi connectivity index (χ3v) is 5.50. The maximum atomic E-state index is 6.04. The van der Waals surface area contributed by atoms with Crippen molar-refractivity contribution in [1.29, 1.82) is 0 Å². The number of aromatic nitrogens is 3. The van der Waals surface area contributed by atoms with Gasteiger partial charge in [0.15, 0.2) is 0 Å². The number of rotatable bonds is 5. The van der Waals surface area contributed by atoms with Crippen molar-refractivity contribution in [2.24, 2.45) is 11.3 Å². The van der Waals surface area contributed by atoms with Crippen LogP contribution in [0.3, 0.4) is 0 Å². The molecule has 2 atom stereocenters. The molecule has 0 amide bonds. The molecular weight excluding hydrogens is 314 g/mol. The van der Waals surface area contributed by atoms with Gasteiger partial charge in [0.1, 0.15) is 0 Å². The summed E-state index contributed by atoms with van der Waals surface area (Å²) in [6, 6.07) is 7.82. The van der Waals surface area contributed by atoms with E-state index in [9.17, 15) is 0 Å². The van der Waals surface area contributed by atoms with Crippen LogP contribution in [-0.4, -0.2) is 59.7 Å². The first-order valence-electron chi connectivity index (χ1n) is 8.93. The summed E-state index contributed by atoms with van der Waals surface area (Å²) in [5, 5.41) is 0. The SMILES string of the molecule is CN1C[C@@H](COCc2ccccn2)[C@]2(CCN(c3ncccn3)C2)C1. The van der Waals surface area contributed by atoms with Gasteiger partial charge >= 0.3 is 0 Å². The van der Waals surface area contributed by atoms with Crippen LogP contribution in [0.4, 0.5) is 5.95 Å². The Kier molecular flexibility index (Phi) is 4.63. The molecule has 0 aromatic carbocycles. The second kappa shape index (κ2) is 7.06. The quantitative estimate of drug-likeness (QED) is 0.829. The predicted octanol–water partition coefficient (Wildman–Crippen LogP) is 1.85. The summed E-state index contributed by atoms with van der Waals surface area (Å²) in [7, 11) is 2.21. The smallest absolute Gasteiger partial charge is 0.225 e. The van der Waals surface area contributed by atoms with E-state index in [-0.39, 0.29) is 5.41 Å². The Bertz CT molecular complexity index is 683. The molecule has 0 aliphatic carbocycles. The highest BCUT2D eigenvalue weighted by molar-refractivity contribution is 5.32. The van der Waals surface area contributed by atoms with Crippen LogP contribution in [-0.2, 0) is 11.3 Å². The number of nitrogens with zero attached hydrogens (tertiary/aromatic N) is 5. The summed E-state index contributed by atoms with van der Waals surface area (Å²) in [6.45, 7) is 5.61. The summed E-state index contributed by atoms with van der Waals surface area (Å²) in [5.41, 5.74) is 1.27. The molecule has 4 rings (SSSR count). The molecule has 1 spiro atoms. The molecule has 0 N–H and O–H groups in total. The largest absolute Gasteiger partial charge is 0.375 e. The van der Waals surface area contributed by atoms with Crippen LogP contribution in [0, 0.1) is 11.3 Å².